The van der Waals surface area contributed by atoms with Crippen molar-refractivity contribution in [2.75, 3.05) is 0 Å². The number of halogens is 1. The van der Waals surface area contributed by atoms with Gasteiger partial charge in [-0.15, -0.1) is 0 Å². The molecular weight excluding hydrogens is 320 g/mol. The standard InChI is InChI=1S/C20H17ClN2O/c1-13-5-7-17(8-6-13)23-19-10-15(11-20(24)18(19)12-22-23)14-3-2-4-16(21)9-14/h2-9,12,15H,10-11H2,1H3. The summed E-state index contributed by atoms with van der Waals surface area (Å²) in [5.41, 5.74) is 5.03. The Morgan fingerprint density at radius 3 is 2.67 bits per heavy atom. The van der Waals surface area contributed by atoms with Crippen LogP contribution in [0.2, 0.25) is 5.02 Å². The van der Waals surface area contributed by atoms with Gasteiger partial charge in [0.1, 0.15) is 0 Å². The van der Waals surface area contributed by atoms with E-state index in [2.05, 4.69) is 24.2 Å². The van der Waals surface area contributed by atoms with Crippen LogP contribution in [0, 0.1) is 6.92 Å². The highest BCUT2D eigenvalue weighted by Gasteiger charge is 2.30. The van der Waals surface area contributed by atoms with Gasteiger partial charge in [0.2, 0.25) is 0 Å². The van der Waals surface area contributed by atoms with E-state index in [1.54, 1.807) is 6.20 Å². The van der Waals surface area contributed by atoms with Crippen LogP contribution in [0.25, 0.3) is 5.69 Å². The van der Waals surface area contributed by atoms with Crippen LogP contribution in [0.4, 0.5) is 0 Å². The zero-order chi connectivity index (χ0) is 16.7. The number of fused-ring (bicyclic) bond motifs is 1. The molecule has 0 bridgehead atoms. The van der Waals surface area contributed by atoms with Crippen molar-refractivity contribution in [2.24, 2.45) is 0 Å². The van der Waals surface area contributed by atoms with Crippen molar-refractivity contribution >= 4 is 17.4 Å². The van der Waals surface area contributed by atoms with E-state index in [1.165, 1.54) is 5.56 Å². The van der Waals surface area contributed by atoms with E-state index < -0.39 is 0 Å². The second kappa shape index (κ2) is 5.91. The lowest BCUT2D eigenvalue weighted by Gasteiger charge is -2.23. The summed E-state index contributed by atoms with van der Waals surface area (Å²) in [6.45, 7) is 2.06. The van der Waals surface area contributed by atoms with Crippen LogP contribution in [0.15, 0.2) is 54.7 Å². The van der Waals surface area contributed by atoms with E-state index in [-0.39, 0.29) is 11.7 Å². The number of carbonyl (C=O) groups is 1. The molecule has 0 saturated heterocycles. The Hall–Kier alpha value is -2.39. The van der Waals surface area contributed by atoms with Gasteiger partial charge < -0.3 is 0 Å². The fourth-order valence-corrected chi connectivity index (χ4v) is 3.55. The van der Waals surface area contributed by atoms with Crippen molar-refractivity contribution in [3.05, 3.63) is 82.1 Å². The summed E-state index contributed by atoms with van der Waals surface area (Å²) in [6.07, 6.45) is 2.99. The second-order valence-corrected chi connectivity index (χ2v) is 6.77. The minimum atomic E-state index is 0.143. The Balaban J connectivity index is 1.75. The van der Waals surface area contributed by atoms with Crippen LogP contribution >= 0.6 is 11.6 Å². The van der Waals surface area contributed by atoms with E-state index in [0.29, 0.717) is 11.4 Å². The molecule has 1 atom stereocenters. The van der Waals surface area contributed by atoms with Crippen molar-refractivity contribution in [2.45, 2.75) is 25.7 Å². The third kappa shape index (κ3) is 2.65. The molecule has 0 aliphatic heterocycles. The highest BCUT2D eigenvalue weighted by Crippen LogP contribution is 2.34. The molecule has 0 saturated carbocycles. The van der Waals surface area contributed by atoms with Gasteiger partial charge in [-0.05, 0) is 49.1 Å². The average Bonchev–Trinajstić information content (AvgIpc) is 3.00. The topological polar surface area (TPSA) is 34.9 Å². The third-order valence-electron chi connectivity index (χ3n) is 4.64. The van der Waals surface area contributed by atoms with Gasteiger partial charge in [-0.1, -0.05) is 41.4 Å². The number of hydrogen-bond acceptors (Lipinski definition) is 2. The Morgan fingerprint density at radius 1 is 1.12 bits per heavy atom. The van der Waals surface area contributed by atoms with Gasteiger partial charge in [0.15, 0.2) is 5.78 Å². The molecule has 3 aromatic rings. The molecule has 1 unspecified atom stereocenters. The van der Waals surface area contributed by atoms with E-state index in [4.69, 9.17) is 11.6 Å². The molecule has 1 aliphatic rings. The van der Waals surface area contributed by atoms with Crippen LogP contribution in [0.5, 0.6) is 0 Å². The summed E-state index contributed by atoms with van der Waals surface area (Å²) in [4.78, 5) is 12.6. The number of rotatable bonds is 2. The first kappa shape index (κ1) is 15.2. The molecule has 2 aromatic carbocycles. The fraction of sp³-hybridized carbons (Fsp3) is 0.200. The molecule has 1 aromatic heterocycles. The van der Waals surface area contributed by atoms with Crippen LogP contribution in [0.1, 0.15) is 39.5 Å². The molecule has 4 heteroatoms. The first-order chi connectivity index (χ1) is 11.6. The number of nitrogens with zero attached hydrogens (tertiary/aromatic N) is 2. The van der Waals surface area contributed by atoms with Gasteiger partial charge in [-0.25, -0.2) is 4.68 Å². The lowest BCUT2D eigenvalue weighted by Crippen LogP contribution is -2.20. The van der Waals surface area contributed by atoms with Crippen molar-refractivity contribution in [1.29, 1.82) is 0 Å². The molecule has 0 fully saturated rings. The van der Waals surface area contributed by atoms with Crippen molar-refractivity contribution in [3.63, 3.8) is 0 Å². The number of carbonyl (C=O) groups excluding carboxylic acids is 1. The lowest BCUT2D eigenvalue weighted by atomic mass is 9.82. The predicted molar refractivity (Wildman–Crippen MR) is 95.1 cm³/mol. The van der Waals surface area contributed by atoms with Crippen molar-refractivity contribution in [1.82, 2.24) is 9.78 Å². The van der Waals surface area contributed by atoms with Crippen LogP contribution in [-0.4, -0.2) is 15.6 Å². The highest BCUT2D eigenvalue weighted by molar-refractivity contribution is 6.30. The van der Waals surface area contributed by atoms with Gasteiger partial charge in [0.25, 0.3) is 0 Å². The monoisotopic (exact) mass is 336 g/mol. The molecule has 0 spiro atoms. The van der Waals surface area contributed by atoms with E-state index in [9.17, 15) is 4.79 Å². The number of aromatic nitrogens is 2. The average molecular weight is 337 g/mol. The summed E-state index contributed by atoms with van der Waals surface area (Å²) in [7, 11) is 0. The van der Waals surface area contributed by atoms with E-state index in [0.717, 1.165) is 28.9 Å². The van der Waals surface area contributed by atoms with Crippen LogP contribution in [0.3, 0.4) is 0 Å². The quantitative estimate of drug-likeness (QED) is 0.677. The molecular formula is C20H17ClN2O. The molecule has 120 valence electrons. The van der Waals surface area contributed by atoms with Crippen molar-refractivity contribution < 1.29 is 4.79 Å². The first-order valence-electron chi connectivity index (χ1n) is 8.04. The zero-order valence-electron chi connectivity index (χ0n) is 13.4. The lowest BCUT2D eigenvalue weighted by molar-refractivity contribution is 0.0963. The largest absolute Gasteiger partial charge is 0.294 e. The smallest absolute Gasteiger partial charge is 0.166 e. The number of Topliss-reactive ketones (excluding diaryl/α,β-unsaturated/α-hetero) is 1. The molecule has 0 N–H and O–H groups in total. The van der Waals surface area contributed by atoms with Gasteiger partial charge >= 0.3 is 0 Å². The van der Waals surface area contributed by atoms with Gasteiger partial charge in [0.05, 0.1) is 23.1 Å². The van der Waals surface area contributed by atoms with Gasteiger partial charge in [-0.3, -0.25) is 4.79 Å². The number of aryl methyl sites for hydroxylation is 1. The zero-order valence-corrected chi connectivity index (χ0v) is 14.1. The summed E-state index contributed by atoms with van der Waals surface area (Å²) in [5, 5.41) is 5.17. The molecule has 1 aliphatic carbocycles. The second-order valence-electron chi connectivity index (χ2n) is 6.34. The minimum Gasteiger partial charge on any atom is -0.294 e. The first-order valence-corrected chi connectivity index (χ1v) is 8.42. The van der Waals surface area contributed by atoms with E-state index in [1.807, 2.05) is 41.1 Å². The summed E-state index contributed by atoms with van der Waals surface area (Å²) < 4.78 is 1.89. The molecule has 24 heavy (non-hydrogen) atoms. The molecule has 4 rings (SSSR count). The fourth-order valence-electron chi connectivity index (χ4n) is 3.35. The molecule has 0 radical (unpaired) electrons. The minimum absolute atomic E-state index is 0.143. The number of ketones is 1. The molecule has 3 nitrogen and oxygen atoms in total. The predicted octanol–water partition coefficient (Wildman–Crippen LogP) is 4.75. The Bertz CT molecular complexity index is 912. The third-order valence-corrected chi connectivity index (χ3v) is 4.87. The number of hydrogen-bond donors (Lipinski definition) is 0. The Labute approximate surface area is 145 Å². The van der Waals surface area contributed by atoms with Gasteiger partial charge in [-0.2, -0.15) is 5.10 Å². The normalized spacial score (nSPS) is 16.9. The summed E-state index contributed by atoms with van der Waals surface area (Å²) in [6, 6.07) is 16.0. The van der Waals surface area contributed by atoms with Crippen LogP contribution < -0.4 is 0 Å². The maximum atomic E-state index is 12.6. The number of benzene rings is 2. The summed E-state index contributed by atoms with van der Waals surface area (Å²) >= 11 is 6.12. The Kier molecular flexibility index (Phi) is 3.73. The Morgan fingerprint density at radius 2 is 1.92 bits per heavy atom. The van der Waals surface area contributed by atoms with Crippen molar-refractivity contribution in [3.8, 4) is 5.69 Å². The van der Waals surface area contributed by atoms with Crippen LogP contribution in [-0.2, 0) is 6.42 Å². The van der Waals surface area contributed by atoms with Gasteiger partial charge in [0, 0.05) is 11.4 Å². The van der Waals surface area contributed by atoms with E-state index >= 15 is 0 Å². The molecule has 1 heterocycles. The SMILES string of the molecule is Cc1ccc(-n2ncc3c2CC(c2cccc(Cl)c2)CC3=O)cc1. The molecule has 0 amide bonds. The summed E-state index contributed by atoms with van der Waals surface area (Å²) in [5.74, 6) is 0.296. The highest BCUT2D eigenvalue weighted by atomic mass is 35.5. The maximum Gasteiger partial charge on any atom is 0.166 e. The maximum absolute atomic E-state index is 12.6.